The fourth-order valence-electron chi connectivity index (χ4n) is 2.39. The average molecular weight is 308 g/mol. The Morgan fingerprint density at radius 2 is 1.70 bits per heavy atom. The molecule has 23 heavy (non-hydrogen) atoms. The minimum absolute atomic E-state index is 0.111. The van der Waals surface area contributed by atoms with Gasteiger partial charge in [0.15, 0.2) is 0 Å². The molecular weight excluding hydrogens is 291 g/mol. The van der Waals surface area contributed by atoms with Gasteiger partial charge in [0.25, 0.3) is 0 Å². The topological polar surface area (TPSA) is 46.0 Å². The smallest absolute Gasteiger partial charge is 0.133 e. The van der Waals surface area contributed by atoms with E-state index in [9.17, 15) is 9.50 Å². The van der Waals surface area contributed by atoms with Crippen molar-refractivity contribution in [2.75, 3.05) is 0 Å². The number of hydrogen-bond acceptors (Lipinski definition) is 3. The number of hydrogen-bond donors (Lipinski definition) is 1. The molecule has 0 saturated carbocycles. The lowest BCUT2D eigenvalue weighted by molar-refractivity contribution is 0.281. The van der Waals surface area contributed by atoms with Gasteiger partial charge in [-0.1, -0.05) is 42.0 Å². The summed E-state index contributed by atoms with van der Waals surface area (Å²) < 4.78 is 13.0. The number of aliphatic hydroxyl groups excluding tert-OH is 1. The summed E-state index contributed by atoms with van der Waals surface area (Å²) >= 11 is 0. The van der Waals surface area contributed by atoms with E-state index in [2.05, 4.69) is 9.97 Å². The Labute approximate surface area is 134 Å². The minimum atomic E-state index is -0.259. The van der Waals surface area contributed by atoms with E-state index in [0.29, 0.717) is 17.8 Å². The van der Waals surface area contributed by atoms with Crippen LogP contribution >= 0.6 is 0 Å². The normalized spacial score (nSPS) is 10.7. The lowest BCUT2D eigenvalue weighted by atomic mass is 10.1. The van der Waals surface area contributed by atoms with Gasteiger partial charge in [-0.3, -0.25) is 0 Å². The van der Waals surface area contributed by atoms with Crippen molar-refractivity contribution in [3.05, 3.63) is 83.1 Å². The second kappa shape index (κ2) is 6.67. The van der Waals surface area contributed by atoms with E-state index in [0.717, 1.165) is 16.8 Å². The first-order chi connectivity index (χ1) is 11.2. The van der Waals surface area contributed by atoms with E-state index in [1.165, 1.54) is 17.7 Å². The maximum Gasteiger partial charge on any atom is 0.133 e. The summed E-state index contributed by atoms with van der Waals surface area (Å²) in [5, 5.41) is 9.52. The predicted molar refractivity (Wildman–Crippen MR) is 87.3 cm³/mol. The van der Waals surface area contributed by atoms with Gasteiger partial charge in [-0.05, 0) is 24.6 Å². The van der Waals surface area contributed by atoms with E-state index in [1.54, 1.807) is 18.3 Å². The molecule has 1 heterocycles. The molecule has 3 nitrogen and oxygen atoms in total. The zero-order chi connectivity index (χ0) is 16.2. The first-order valence-electron chi connectivity index (χ1n) is 7.43. The molecule has 0 spiro atoms. The van der Waals surface area contributed by atoms with Gasteiger partial charge in [-0.2, -0.15) is 0 Å². The van der Waals surface area contributed by atoms with E-state index in [1.807, 2.05) is 31.2 Å². The fourth-order valence-corrected chi connectivity index (χ4v) is 2.39. The molecule has 0 aliphatic heterocycles. The van der Waals surface area contributed by atoms with E-state index >= 15 is 0 Å². The highest BCUT2D eigenvalue weighted by Gasteiger charge is 2.09. The molecule has 2 aromatic carbocycles. The highest BCUT2D eigenvalue weighted by molar-refractivity contribution is 5.63. The molecule has 1 N–H and O–H groups in total. The van der Waals surface area contributed by atoms with Crippen LogP contribution in [0.25, 0.3) is 11.3 Å². The molecule has 0 aliphatic rings. The lowest BCUT2D eigenvalue weighted by Gasteiger charge is -2.09. The number of halogens is 1. The van der Waals surface area contributed by atoms with Crippen LogP contribution in [0.1, 0.15) is 22.5 Å². The van der Waals surface area contributed by atoms with Gasteiger partial charge < -0.3 is 5.11 Å². The molecule has 3 rings (SSSR count). The molecule has 0 bridgehead atoms. The molecule has 3 aromatic rings. The van der Waals surface area contributed by atoms with Gasteiger partial charge in [-0.15, -0.1) is 0 Å². The van der Waals surface area contributed by atoms with Crippen LogP contribution in [-0.2, 0) is 13.0 Å². The largest absolute Gasteiger partial charge is 0.392 e. The zero-order valence-corrected chi connectivity index (χ0v) is 12.8. The maximum absolute atomic E-state index is 13.0. The molecule has 0 amide bonds. The molecule has 0 saturated heterocycles. The van der Waals surface area contributed by atoms with Crippen LogP contribution in [0, 0.1) is 12.7 Å². The molecule has 1 aromatic heterocycles. The second-order valence-electron chi connectivity index (χ2n) is 5.49. The van der Waals surface area contributed by atoms with Crippen LogP contribution in [0.5, 0.6) is 0 Å². The summed E-state index contributed by atoms with van der Waals surface area (Å²) in [7, 11) is 0. The Morgan fingerprint density at radius 3 is 2.35 bits per heavy atom. The average Bonchev–Trinajstić information content (AvgIpc) is 2.58. The number of aryl methyl sites for hydroxylation is 1. The van der Waals surface area contributed by atoms with Gasteiger partial charge in [0.05, 0.1) is 12.3 Å². The summed E-state index contributed by atoms with van der Waals surface area (Å²) in [5.41, 5.74) is 4.48. The van der Waals surface area contributed by atoms with Crippen LogP contribution in [-0.4, -0.2) is 15.1 Å². The number of nitrogens with zero attached hydrogens (tertiary/aromatic N) is 2. The quantitative estimate of drug-likeness (QED) is 0.800. The number of rotatable bonds is 4. The standard InChI is InChI=1S/C19H17FN2O/c1-13-2-6-15(7-3-13)19-16(12-23)11-21-18(22-19)10-14-4-8-17(20)9-5-14/h2-9,11,23H,10,12H2,1H3. The Morgan fingerprint density at radius 1 is 1.00 bits per heavy atom. The Hall–Kier alpha value is -2.59. The summed E-state index contributed by atoms with van der Waals surface area (Å²) in [6.07, 6.45) is 2.17. The SMILES string of the molecule is Cc1ccc(-c2nc(Cc3ccc(F)cc3)ncc2CO)cc1. The fraction of sp³-hybridized carbons (Fsp3) is 0.158. The number of aromatic nitrogens is 2. The molecule has 0 atom stereocenters. The third-order valence-electron chi connectivity index (χ3n) is 3.69. The number of benzene rings is 2. The van der Waals surface area contributed by atoms with Gasteiger partial charge in [-0.25, -0.2) is 14.4 Å². The van der Waals surface area contributed by atoms with Crippen molar-refractivity contribution in [1.82, 2.24) is 9.97 Å². The summed E-state index contributed by atoms with van der Waals surface area (Å²) in [6.45, 7) is 1.91. The highest BCUT2D eigenvalue weighted by Crippen LogP contribution is 2.22. The molecule has 0 aliphatic carbocycles. The van der Waals surface area contributed by atoms with Gasteiger partial charge in [0, 0.05) is 23.7 Å². The first kappa shape index (κ1) is 15.3. The van der Waals surface area contributed by atoms with Crippen LogP contribution in [0.4, 0.5) is 4.39 Å². The zero-order valence-electron chi connectivity index (χ0n) is 12.8. The third kappa shape index (κ3) is 3.60. The van der Waals surface area contributed by atoms with E-state index < -0.39 is 0 Å². The minimum Gasteiger partial charge on any atom is -0.392 e. The lowest BCUT2D eigenvalue weighted by Crippen LogP contribution is -2.02. The van der Waals surface area contributed by atoms with Crippen molar-refractivity contribution in [3.63, 3.8) is 0 Å². The predicted octanol–water partition coefficient (Wildman–Crippen LogP) is 3.67. The van der Waals surface area contributed by atoms with Gasteiger partial charge in [0.2, 0.25) is 0 Å². The van der Waals surface area contributed by atoms with Crippen molar-refractivity contribution in [3.8, 4) is 11.3 Å². The van der Waals surface area contributed by atoms with E-state index in [-0.39, 0.29) is 12.4 Å². The maximum atomic E-state index is 13.0. The molecule has 0 fully saturated rings. The second-order valence-corrected chi connectivity index (χ2v) is 5.49. The summed E-state index contributed by atoms with van der Waals surface area (Å²) in [5.74, 6) is 0.384. The molecule has 0 unspecified atom stereocenters. The van der Waals surface area contributed by atoms with Crippen molar-refractivity contribution < 1.29 is 9.50 Å². The van der Waals surface area contributed by atoms with Crippen LogP contribution in [0.3, 0.4) is 0 Å². The number of aliphatic hydroxyl groups is 1. The Bertz CT molecular complexity index is 799. The highest BCUT2D eigenvalue weighted by atomic mass is 19.1. The summed E-state index contributed by atoms with van der Waals surface area (Å²) in [4.78, 5) is 8.90. The third-order valence-corrected chi connectivity index (χ3v) is 3.69. The summed E-state index contributed by atoms with van der Waals surface area (Å²) in [6, 6.07) is 14.3. The van der Waals surface area contributed by atoms with Gasteiger partial charge in [0.1, 0.15) is 11.6 Å². The first-order valence-corrected chi connectivity index (χ1v) is 7.43. The van der Waals surface area contributed by atoms with Crippen molar-refractivity contribution in [2.45, 2.75) is 20.0 Å². The van der Waals surface area contributed by atoms with Crippen LogP contribution in [0.2, 0.25) is 0 Å². The Kier molecular flexibility index (Phi) is 4.44. The molecule has 116 valence electrons. The van der Waals surface area contributed by atoms with Crippen molar-refractivity contribution in [2.24, 2.45) is 0 Å². The van der Waals surface area contributed by atoms with Crippen LogP contribution in [0.15, 0.2) is 54.7 Å². The molecule has 4 heteroatoms. The van der Waals surface area contributed by atoms with Crippen molar-refractivity contribution in [1.29, 1.82) is 0 Å². The molecular formula is C19H17FN2O. The monoisotopic (exact) mass is 308 g/mol. The van der Waals surface area contributed by atoms with Crippen molar-refractivity contribution >= 4 is 0 Å². The van der Waals surface area contributed by atoms with E-state index in [4.69, 9.17) is 0 Å². The van der Waals surface area contributed by atoms with Gasteiger partial charge >= 0.3 is 0 Å². The van der Waals surface area contributed by atoms with Crippen LogP contribution < -0.4 is 0 Å². The molecule has 0 radical (unpaired) electrons. The Balaban J connectivity index is 1.95.